The lowest BCUT2D eigenvalue weighted by Crippen LogP contribution is -2.11. The van der Waals surface area contributed by atoms with Gasteiger partial charge in [0.1, 0.15) is 12.1 Å². The molecule has 0 saturated carbocycles. The number of benzene rings is 1. The topological polar surface area (TPSA) is 106 Å². The third-order valence-corrected chi connectivity index (χ3v) is 2.70. The van der Waals surface area contributed by atoms with E-state index in [1.165, 1.54) is 10.9 Å². The van der Waals surface area contributed by atoms with Crippen molar-refractivity contribution >= 4 is 5.78 Å². The number of nitriles is 3. The molecular formula is C14H7N5O. The van der Waals surface area contributed by atoms with Gasteiger partial charge in [-0.05, 0) is 12.1 Å². The number of carbonyl (C=O) groups excluding carboxylic acids is 1. The standard InChI is InChI=1S/C14H7N5O/c15-5-10-1-3-11(4-2-10)14(20)8-19-9-18-12(6-16)13(19)7-17/h1-4,9H,8H2. The summed E-state index contributed by atoms with van der Waals surface area (Å²) in [6.45, 7) is -0.0799. The number of rotatable bonds is 3. The van der Waals surface area contributed by atoms with Gasteiger partial charge in [0.15, 0.2) is 17.2 Å². The second-order valence-corrected chi connectivity index (χ2v) is 3.91. The van der Waals surface area contributed by atoms with Crippen LogP contribution in [-0.4, -0.2) is 15.3 Å². The Morgan fingerprint density at radius 1 is 1.10 bits per heavy atom. The highest BCUT2D eigenvalue weighted by molar-refractivity contribution is 5.96. The van der Waals surface area contributed by atoms with Crippen LogP contribution in [0.1, 0.15) is 27.3 Å². The summed E-state index contributed by atoms with van der Waals surface area (Å²) in [4.78, 5) is 15.8. The maximum Gasteiger partial charge on any atom is 0.182 e. The van der Waals surface area contributed by atoms with Crippen LogP contribution < -0.4 is 0 Å². The van der Waals surface area contributed by atoms with Crippen molar-refractivity contribution in [2.75, 3.05) is 0 Å². The first kappa shape index (κ1) is 13.0. The van der Waals surface area contributed by atoms with Crippen molar-refractivity contribution in [2.45, 2.75) is 6.54 Å². The molecule has 2 rings (SSSR count). The maximum absolute atomic E-state index is 12.1. The highest BCUT2D eigenvalue weighted by Gasteiger charge is 2.13. The lowest BCUT2D eigenvalue weighted by atomic mass is 10.1. The van der Waals surface area contributed by atoms with E-state index < -0.39 is 0 Å². The van der Waals surface area contributed by atoms with E-state index >= 15 is 0 Å². The number of Topliss-reactive ketones (excluding diaryl/α,β-unsaturated/α-hetero) is 1. The van der Waals surface area contributed by atoms with Gasteiger partial charge in [0, 0.05) is 5.56 Å². The van der Waals surface area contributed by atoms with Gasteiger partial charge in [-0.25, -0.2) is 4.98 Å². The summed E-state index contributed by atoms with van der Waals surface area (Å²) >= 11 is 0. The molecule has 94 valence electrons. The SMILES string of the molecule is N#Cc1ccc(C(=O)Cn2cnc(C#N)c2C#N)cc1. The van der Waals surface area contributed by atoms with Crippen molar-refractivity contribution in [3.8, 4) is 18.2 Å². The van der Waals surface area contributed by atoms with Crippen molar-refractivity contribution in [1.29, 1.82) is 15.8 Å². The van der Waals surface area contributed by atoms with Gasteiger partial charge in [0.05, 0.1) is 24.5 Å². The van der Waals surface area contributed by atoms with Crippen molar-refractivity contribution in [3.05, 3.63) is 53.1 Å². The Morgan fingerprint density at radius 3 is 2.35 bits per heavy atom. The lowest BCUT2D eigenvalue weighted by molar-refractivity contribution is 0.0972. The highest BCUT2D eigenvalue weighted by atomic mass is 16.1. The zero-order chi connectivity index (χ0) is 14.5. The minimum Gasteiger partial charge on any atom is -0.313 e. The van der Waals surface area contributed by atoms with Gasteiger partial charge in [-0.1, -0.05) is 12.1 Å². The van der Waals surface area contributed by atoms with Gasteiger partial charge in [0.2, 0.25) is 0 Å². The number of nitrogens with zero attached hydrogens (tertiary/aromatic N) is 5. The van der Waals surface area contributed by atoms with Crippen LogP contribution in [0.2, 0.25) is 0 Å². The zero-order valence-corrected chi connectivity index (χ0v) is 10.2. The first-order valence-corrected chi connectivity index (χ1v) is 5.58. The van der Waals surface area contributed by atoms with E-state index in [1.807, 2.05) is 12.1 Å². The Labute approximate surface area is 114 Å². The fraction of sp³-hybridized carbons (Fsp3) is 0.0714. The summed E-state index contributed by atoms with van der Waals surface area (Å²) in [7, 11) is 0. The van der Waals surface area contributed by atoms with Gasteiger partial charge < -0.3 is 4.57 Å². The number of carbonyl (C=O) groups is 1. The Morgan fingerprint density at radius 2 is 1.80 bits per heavy atom. The molecule has 0 amide bonds. The normalized spacial score (nSPS) is 9.25. The molecule has 20 heavy (non-hydrogen) atoms. The van der Waals surface area contributed by atoms with E-state index in [4.69, 9.17) is 15.8 Å². The van der Waals surface area contributed by atoms with Crippen LogP contribution in [0.15, 0.2) is 30.6 Å². The van der Waals surface area contributed by atoms with Crippen molar-refractivity contribution in [1.82, 2.24) is 9.55 Å². The fourth-order valence-corrected chi connectivity index (χ4v) is 1.68. The molecule has 0 bridgehead atoms. The molecule has 0 aliphatic carbocycles. The molecule has 1 heterocycles. The molecule has 0 aliphatic rings. The third-order valence-electron chi connectivity index (χ3n) is 2.70. The van der Waals surface area contributed by atoms with Gasteiger partial charge in [-0.3, -0.25) is 4.79 Å². The van der Waals surface area contributed by atoms with E-state index in [0.717, 1.165) is 0 Å². The Bertz CT molecular complexity index is 781. The number of hydrogen-bond donors (Lipinski definition) is 0. The Balaban J connectivity index is 2.24. The molecule has 0 radical (unpaired) electrons. The molecule has 0 unspecified atom stereocenters. The van der Waals surface area contributed by atoms with E-state index in [-0.39, 0.29) is 23.7 Å². The summed E-state index contributed by atoms with van der Waals surface area (Å²) in [6, 6.07) is 11.8. The molecule has 2 aromatic rings. The molecule has 0 N–H and O–H groups in total. The second kappa shape index (κ2) is 5.48. The average molecular weight is 261 g/mol. The molecule has 0 atom stereocenters. The Kier molecular flexibility index (Phi) is 3.56. The summed E-state index contributed by atoms with van der Waals surface area (Å²) in [5.74, 6) is -0.229. The van der Waals surface area contributed by atoms with Crippen LogP contribution in [0.25, 0.3) is 0 Å². The predicted octanol–water partition coefficient (Wildman–Crippen LogP) is 1.38. The molecular weight excluding hydrogens is 254 g/mol. The zero-order valence-electron chi connectivity index (χ0n) is 10.2. The first-order valence-electron chi connectivity index (χ1n) is 5.58. The van der Waals surface area contributed by atoms with E-state index in [1.54, 1.807) is 30.3 Å². The second-order valence-electron chi connectivity index (χ2n) is 3.91. The van der Waals surface area contributed by atoms with Crippen LogP contribution in [0.3, 0.4) is 0 Å². The molecule has 0 aliphatic heterocycles. The summed E-state index contributed by atoms with van der Waals surface area (Å²) < 4.78 is 1.33. The summed E-state index contributed by atoms with van der Waals surface area (Å²) in [6.07, 6.45) is 1.29. The molecule has 1 aromatic carbocycles. The molecule has 0 saturated heterocycles. The smallest absolute Gasteiger partial charge is 0.182 e. The minimum absolute atomic E-state index is 0.000119. The number of hydrogen-bond acceptors (Lipinski definition) is 5. The van der Waals surface area contributed by atoms with Crippen LogP contribution in [0, 0.1) is 34.0 Å². The number of ketones is 1. The highest BCUT2D eigenvalue weighted by Crippen LogP contribution is 2.09. The Hall–Kier alpha value is -3.43. The van der Waals surface area contributed by atoms with E-state index in [9.17, 15) is 4.79 Å². The summed E-state index contributed by atoms with van der Waals surface area (Å²) in [5, 5.41) is 26.4. The quantitative estimate of drug-likeness (QED) is 0.776. The first-order chi connectivity index (χ1) is 9.69. The maximum atomic E-state index is 12.1. The van der Waals surface area contributed by atoms with Crippen LogP contribution in [-0.2, 0) is 6.54 Å². The van der Waals surface area contributed by atoms with Crippen LogP contribution in [0.4, 0.5) is 0 Å². The van der Waals surface area contributed by atoms with Crippen molar-refractivity contribution < 1.29 is 4.79 Å². The monoisotopic (exact) mass is 261 g/mol. The third kappa shape index (κ3) is 2.38. The van der Waals surface area contributed by atoms with Crippen LogP contribution >= 0.6 is 0 Å². The van der Waals surface area contributed by atoms with Crippen molar-refractivity contribution in [2.24, 2.45) is 0 Å². The van der Waals surface area contributed by atoms with Gasteiger partial charge in [-0.15, -0.1) is 0 Å². The number of imidazole rings is 1. The molecule has 1 aromatic heterocycles. The van der Waals surface area contributed by atoms with E-state index in [2.05, 4.69) is 4.98 Å². The molecule has 0 spiro atoms. The molecule has 6 heteroatoms. The largest absolute Gasteiger partial charge is 0.313 e. The molecule has 6 nitrogen and oxygen atoms in total. The van der Waals surface area contributed by atoms with Gasteiger partial charge in [-0.2, -0.15) is 15.8 Å². The van der Waals surface area contributed by atoms with Crippen LogP contribution in [0.5, 0.6) is 0 Å². The van der Waals surface area contributed by atoms with Gasteiger partial charge in [0.25, 0.3) is 0 Å². The lowest BCUT2D eigenvalue weighted by Gasteiger charge is -2.03. The predicted molar refractivity (Wildman–Crippen MR) is 67.1 cm³/mol. The summed E-state index contributed by atoms with van der Waals surface area (Å²) in [5.41, 5.74) is 0.961. The number of aromatic nitrogens is 2. The van der Waals surface area contributed by atoms with E-state index in [0.29, 0.717) is 11.1 Å². The minimum atomic E-state index is -0.229. The fourth-order valence-electron chi connectivity index (χ4n) is 1.68. The average Bonchev–Trinajstić information content (AvgIpc) is 2.89. The van der Waals surface area contributed by atoms with Gasteiger partial charge >= 0.3 is 0 Å². The molecule has 0 fully saturated rings. The van der Waals surface area contributed by atoms with Crippen molar-refractivity contribution in [3.63, 3.8) is 0 Å².